The monoisotopic (exact) mass is 371 g/mol. The first-order chi connectivity index (χ1) is 13.6. The molecule has 0 aliphatic rings. The highest BCUT2D eigenvalue weighted by Crippen LogP contribution is 2.31. The zero-order valence-corrected chi connectivity index (χ0v) is 15.8. The van der Waals surface area contributed by atoms with Crippen molar-refractivity contribution < 1.29 is 15.0 Å². The molecule has 4 rings (SSSR count). The van der Waals surface area contributed by atoms with Gasteiger partial charge in [-0.3, -0.25) is 4.79 Å². The number of pyridine rings is 1. The molecular weight excluding hydrogens is 350 g/mol. The Labute approximate surface area is 163 Å². The molecule has 4 nitrogen and oxygen atoms in total. The lowest BCUT2D eigenvalue weighted by Crippen LogP contribution is -1.97. The molecule has 0 bridgehead atoms. The van der Waals surface area contributed by atoms with E-state index in [2.05, 4.69) is 0 Å². The Morgan fingerprint density at radius 1 is 0.821 bits per heavy atom. The molecule has 2 N–H and O–H groups in total. The molecule has 140 valence electrons. The summed E-state index contributed by atoms with van der Waals surface area (Å²) < 4.78 is 0. The fourth-order valence-electron chi connectivity index (χ4n) is 3.15. The number of aromatic nitrogens is 1. The van der Waals surface area contributed by atoms with Crippen molar-refractivity contribution in [3.63, 3.8) is 0 Å². The van der Waals surface area contributed by atoms with Gasteiger partial charge in [-0.2, -0.15) is 0 Å². The average Bonchev–Trinajstić information content (AvgIpc) is 2.75. The van der Waals surface area contributed by atoms with Crippen LogP contribution >= 0.6 is 0 Å². The molecular formula is C24H21NO3. The van der Waals surface area contributed by atoms with Gasteiger partial charge in [0.2, 0.25) is 0 Å². The number of fused-ring (bicyclic) bond motifs is 1. The number of carbonyl (C=O) groups is 1. The Balaban J connectivity index is 0.00000109. The van der Waals surface area contributed by atoms with Crippen LogP contribution < -0.4 is 0 Å². The first-order valence-electron chi connectivity index (χ1n) is 8.88. The molecule has 0 saturated heterocycles. The smallest absolute Gasteiger partial charge is 0.160 e. The number of nitrogens with zero attached hydrogens (tertiary/aromatic N) is 1. The summed E-state index contributed by atoms with van der Waals surface area (Å²) in [5.41, 5.74) is 4.89. The second kappa shape index (κ2) is 8.46. The first-order valence-corrected chi connectivity index (χ1v) is 8.88. The fraction of sp³-hybridized carbons (Fsp3) is 0.0833. The topological polar surface area (TPSA) is 70.4 Å². The third kappa shape index (κ3) is 3.77. The number of carbonyl (C=O) groups excluding carboxylic acids is 1. The van der Waals surface area contributed by atoms with Gasteiger partial charge in [0.1, 0.15) is 5.75 Å². The minimum Gasteiger partial charge on any atom is -0.507 e. The molecule has 0 unspecified atom stereocenters. The van der Waals surface area contributed by atoms with Gasteiger partial charge >= 0.3 is 0 Å². The number of phenols is 1. The van der Waals surface area contributed by atoms with Gasteiger partial charge in [-0.1, -0.05) is 60.7 Å². The minimum absolute atomic E-state index is 0.0238. The van der Waals surface area contributed by atoms with E-state index in [1.807, 2.05) is 66.7 Å². The van der Waals surface area contributed by atoms with E-state index < -0.39 is 0 Å². The molecule has 0 amide bonds. The van der Waals surface area contributed by atoms with Gasteiger partial charge in [-0.25, -0.2) is 4.98 Å². The van der Waals surface area contributed by atoms with Crippen LogP contribution in [0.2, 0.25) is 0 Å². The van der Waals surface area contributed by atoms with Crippen LogP contribution in [-0.4, -0.2) is 28.1 Å². The number of benzene rings is 3. The van der Waals surface area contributed by atoms with Crippen molar-refractivity contribution in [2.45, 2.75) is 6.92 Å². The molecule has 0 fully saturated rings. The van der Waals surface area contributed by atoms with E-state index in [0.29, 0.717) is 5.56 Å². The SMILES string of the molecule is CC(=O)c1cc(-c2ccc(-c3ccccc3O)cc2)nc2ccccc12.CO. The minimum atomic E-state index is 0.0238. The van der Waals surface area contributed by atoms with E-state index >= 15 is 0 Å². The van der Waals surface area contributed by atoms with Gasteiger partial charge < -0.3 is 10.2 Å². The normalized spacial score (nSPS) is 10.2. The van der Waals surface area contributed by atoms with Gasteiger partial charge in [-0.15, -0.1) is 0 Å². The summed E-state index contributed by atoms with van der Waals surface area (Å²) in [6.07, 6.45) is 0. The van der Waals surface area contributed by atoms with E-state index in [1.165, 1.54) is 0 Å². The molecule has 3 aromatic carbocycles. The fourth-order valence-corrected chi connectivity index (χ4v) is 3.15. The molecule has 0 saturated carbocycles. The molecule has 1 heterocycles. The molecule has 0 aliphatic heterocycles. The number of para-hydroxylation sites is 2. The van der Waals surface area contributed by atoms with Gasteiger partial charge in [0.15, 0.2) is 5.78 Å². The number of hydrogen-bond acceptors (Lipinski definition) is 4. The van der Waals surface area contributed by atoms with Crippen molar-refractivity contribution >= 4 is 16.7 Å². The van der Waals surface area contributed by atoms with Gasteiger partial charge in [0.05, 0.1) is 11.2 Å². The van der Waals surface area contributed by atoms with Crippen molar-refractivity contribution in [2.24, 2.45) is 0 Å². The van der Waals surface area contributed by atoms with Crippen LogP contribution in [0.1, 0.15) is 17.3 Å². The summed E-state index contributed by atoms with van der Waals surface area (Å²) >= 11 is 0. The Hall–Kier alpha value is -3.50. The van der Waals surface area contributed by atoms with Crippen LogP contribution in [0.3, 0.4) is 0 Å². The Bertz CT molecular complexity index is 1120. The second-order valence-corrected chi connectivity index (χ2v) is 6.22. The van der Waals surface area contributed by atoms with E-state index in [-0.39, 0.29) is 11.5 Å². The van der Waals surface area contributed by atoms with Crippen LogP contribution in [0.15, 0.2) is 78.9 Å². The van der Waals surface area contributed by atoms with Crippen LogP contribution in [0.25, 0.3) is 33.3 Å². The summed E-state index contributed by atoms with van der Waals surface area (Å²) in [7, 11) is 1.00. The lowest BCUT2D eigenvalue weighted by atomic mass is 9.99. The largest absolute Gasteiger partial charge is 0.507 e. The molecule has 0 radical (unpaired) electrons. The maximum atomic E-state index is 12.1. The number of rotatable bonds is 3. The Kier molecular flexibility index (Phi) is 5.82. The zero-order valence-electron chi connectivity index (χ0n) is 15.8. The van der Waals surface area contributed by atoms with E-state index in [0.717, 1.165) is 40.4 Å². The molecule has 0 aliphatic carbocycles. The summed E-state index contributed by atoms with van der Waals surface area (Å²) in [4.78, 5) is 16.8. The number of aromatic hydroxyl groups is 1. The van der Waals surface area contributed by atoms with Crippen molar-refractivity contribution in [2.75, 3.05) is 7.11 Å². The van der Waals surface area contributed by atoms with Gasteiger partial charge in [0, 0.05) is 29.2 Å². The van der Waals surface area contributed by atoms with Gasteiger partial charge in [-0.05, 0) is 30.7 Å². The number of Topliss-reactive ketones (excluding diaryl/α,β-unsaturated/α-hetero) is 1. The average molecular weight is 371 g/mol. The summed E-state index contributed by atoms with van der Waals surface area (Å²) in [5, 5.41) is 17.9. The van der Waals surface area contributed by atoms with Crippen molar-refractivity contribution in [3.8, 4) is 28.1 Å². The van der Waals surface area contributed by atoms with Crippen LogP contribution in [0.4, 0.5) is 0 Å². The number of hydrogen-bond donors (Lipinski definition) is 2. The third-order valence-corrected chi connectivity index (χ3v) is 4.49. The first kappa shape index (κ1) is 19.3. The van der Waals surface area contributed by atoms with Crippen LogP contribution in [0, 0.1) is 0 Å². The highest BCUT2D eigenvalue weighted by atomic mass is 16.3. The predicted molar refractivity (Wildman–Crippen MR) is 112 cm³/mol. The number of aliphatic hydroxyl groups is 1. The summed E-state index contributed by atoms with van der Waals surface area (Å²) in [6, 6.07) is 24.6. The lowest BCUT2D eigenvalue weighted by molar-refractivity contribution is 0.101. The van der Waals surface area contributed by atoms with Crippen molar-refractivity contribution in [1.29, 1.82) is 0 Å². The third-order valence-electron chi connectivity index (χ3n) is 4.49. The van der Waals surface area contributed by atoms with Crippen molar-refractivity contribution in [3.05, 3.63) is 84.4 Å². The highest BCUT2D eigenvalue weighted by Gasteiger charge is 2.11. The summed E-state index contributed by atoms with van der Waals surface area (Å²) in [6.45, 7) is 1.58. The molecule has 4 aromatic rings. The second-order valence-electron chi connectivity index (χ2n) is 6.22. The van der Waals surface area contributed by atoms with E-state index in [1.54, 1.807) is 19.1 Å². The number of aliphatic hydroxyl groups excluding tert-OH is 1. The molecule has 1 aromatic heterocycles. The Morgan fingerprint density at radius 3 is 2.11 bits per heavy atom. The van der Waals surface area contributed by atoms with Gasteiger partial charge in [0.25, 0.3) is 0 Å². The quantitative estimate of drug-likeness (QED) is 0.492. The molecule has 28 heavy (non-hydrogen) atoms. The molecule has 0 spiro atoms. The van der Waals surface area contributed by atoms with Crippen LogP contribution in [-0.2, 0) is 0 Å². The maximum absolute atomic E-state index is 12.1. The molecule has 0 atom stereocenters. The summed E-state index contributed by atoms with van der Waals surface area (Å²) in [5.74, 6) is 0.277. The van der Waals surface area contributed by atoms with Crippen LogP contribution in [0.5, 0.6) is 5.75 Å². The predicted octanol–water partition coefficient (Wildman–Crippen LogP) is 5.09. The van der Waals surface area contributed by atoms with E-state index in [4.69, 9.17) is 10.1 Å². The van der Waals surface area contributed by atoms with Crippen molar-refractivity contribution in [1.82, 2.24) is 4.98 Å². The zero-order chi connectivity index (χ0) is 20.1. The standard InChI is InChI=1S/C23H17NO2.CH4O/c1-15(25)20-14-22(24-21-8-4-2-7-19(20)21)17-12-10-16(11-13-17)18-6-3-5-9-23(18)26;1-2/h2-14,26H,1H3;2H,1H3. The number of phenolic OH excluding ortho intramolecular Hbond substituents is 1. The molecule has 4 heteroatoms. The maximum Gasteiger partial charge on any atom is 0.160 e. The van der Waals surface area contributed by atoms with E-state index in [9.17, 15) is 9.90 Å². The lowest BCUT2D eigenvalue weighted by Gasteiger charge is -2.09. The highest BCUT2D eigenvalue weighted by molar-refractivity contribution is 6.07. The Morgan fingerprint density at radius 2 is 1.43 bits per heavy atom. The number of ketones is 1.